The number of rotatable bonds is 9. The van der Waals surface area contributed by atoms with Crippen molar-refractivity contribution in [3.63, 3.8) is 0 Å². The summed E-state index contributed by atoms with van der Waals surface area (Å²) >= 11 is 0. The van der Waals surface area contributed by atoms with Crippen LogP contribution in [0, 0.1) is 0 Å². The first kappa shape index (κ1) is 21.1. The van der Waals surface area contributed by atoms with E-state index < -0.39 is 17.6 Å². The molecule has 1 atom stereocenters. The van der Waals surface area contributed by atoms with Crippen molar-refractivity contribution in [1.29, 1.82) is 0 Å². The number of carbonyl (C=O) groups is 1. The van der Waals surface area contributed by atoms with E-state index in [2.05, 4.69) is 11.7 Å². The molecule has 3 N–H and O–H groups in total. The van der Waals surface area contributed by atoms with Crippen molar-refractivity contribution in [2.75, 3.05) is 13.7 Å². The third kappa shape index (κ3) is 4.49. The van der Waals surface area contributed by atoms with Gasteiger partial charge in [0.25, 0.3) is 11.5 Å². The van der Waals surface area contributed by atoms with Gasteiger partial charge in [-0.05, 0) is 30.2 Å². The zero-order chi connectivity index (χ0) is 21.7. The van der Waals surface area contributed by atoms with Gasteiger partial charge in [-0.1, -0.05) is 30.3 Å². The maximum Gasteiger partial charge on any atom is 0.274 e. The monoisotopic (exact) mass is 409 g/mol. The fourth-order valence-corrected chi connectivity index (χ4v) is 3.10. The molecule has 1 heterocycles. The van der Waals surface area contributed by atoms with Crippen molar-refractivity contribution in [1.82, 2.24) is 9.78 Å². The largest absolute Gasteiger partial charge is 0.493 e. The number of benzene rings is 2. The molecule has 3 aromatic rings. The number of methoxy groups -OCH3 is 1. The summed E-state index contributed by atoms with van der Waals surface area (Å²) in [6, 6.07) is 12.0. The molecular formula is C22H23N3O5. The van der Waals surface area contributed by atoms with Crippen LogP contribution >= 0.6 is 0 Å². The fraction of sp³-hybridized carbons (Fsp3) is 0.227. The number of fused-ring (bicyclic) bond motifs is 1. The Morgan fingerprint density at radius 3 is 2.67 bits per heavy atom. The number of amides is 1. The number of nitrogens with two attached hydrogens (primary N) is 1. The molecule has 3 rings (SSSR count). The molecule has 0 spiro atoms. The molecule has 8 heteroatoms. The molecule has 0 saturated carbocycles. The third-order valence-corrected chi connectivity index (χ3v) is 4.52. The zero-order valence-electron chi connectivity index (χ0n) is 16.6. The van der Waals surface area contributed by atoms with Gasteiger partial charge in [-0.25, -0.2) is 4.68 Å². The van der Waals surface area contributed by atoms with Gasteiger partial charge < -0.3 is 20.3 Å². The molecule has 0 aliphatic carbocycles. The summed E-state index contributed by atoms with van der Waals surface area (Å²) in [5.74, 6) is 0.231. The van der Waals surface area contributed by atoms with Gasteiger partial charge in [-0.3, -0.25) is 9.59 Å². The van der Waals surface area contributed by atoms with Crippen LogP contribution in [-0.2, 0) is 13.0 Å². The summed E-state index contributed by atoms with van der Waals surface area (Å²) in [6.45, 7) is 3.44. The van der Waals surface area contributed by atoms with E-state index >= 15 is 0 Å². The molecule has 0 fully saturated rings. The van der Waals surface area contributed by atoms with Crippen molar-refractivity contribution >= 4 is 16.7 Å². The predicted octanol–water partition coefficient (Wildman–Crippen LogP) is 1.67. The molecule has 1 amide bonds. The fourth-order valence-electron chi connectivity index (χ4n) is 3.10. The minimum atomic E-state index is -1.06. The molecule has 156 valence electrons. The molecule has 1 aromatic heterocycles. The molecule has 2 aromatic carbocycles. The summed E-state index contributed by atoms with van der Waals surface area (Å²) in [4.78, 5) is 24.4. The Hall–Kier alpha value is -3.65. The van der Waals surface area contributed by atoms with E-state index in [9.17, 15) is 14.7 Å². The SMILES string of the molecule is C=CCc1ccc(OC[C@H](O)Cn2nc(C(N)=O)c3ccccc3c2=O)c(OC)c1. The Bertz CT molecular complexity index is 1140. The van der Waals surface area contributed by atoms with Crippen LogP contribution in [0.25, 0.3) is 10.8 Å². The normalized spacial score (nSPS) is 11.8. The highest BCUT2D eigenvalue weighted by Gasteiger charge is 2.17. The predicted molar refractivity (Wildman–Crippen MR) is 113 cm³/mol. The molecule has 0 saturated heterocycles. The van der Waals surface area contributed by atoms with Crippen LogP contribution < -0.4 is 20.8 Å². The average molecular weight is 409 g/mol. The first-order valence-corrected chi connectivity index (χ1v) is 9.33. The number of carbonyl (C=O) groups excluding carboxylic acids is 1. The van der Waals surface area contributed by atoms with Gasteiger partial charge >= 0.3 is 0 Å². The lowest BCUT2D eigenvalue weighted by Crippen LogP contribution is -2.34. The summed E-state index contributed by atoms with van der Waals surface area (Å²) in [6.07, 6.45) is 1.42. The van der Waals surface area contributed by atoms with Crippen molar-refractivity contribution < 1.29 is 19.4 Å². The van der Waals surface area contributed by atoms with Crippen LogP contribution in [0.15, 0.2) is 59.9 Å². The smallest absolute Gasteiger partial charge is 0.274 e. The lowest BCUT2D eigenvalue weighted by Gasteiger charge is -2.16. The van der Waals surface area contributed by atoms with E-state index in [0.717, 1.165) is 10.2 Å². The third-order valence-electron chi connectivity index (χ3n) is 4.52. The van der Waals surface area contributed by atoms with Gasteiger partial charge in [0.05, 0.1) is 19.0 Å². The van der Waals surface area contributed by atoms with Gasteiger partial charge in [0.2, 0.25) is 0 Å². The van der Waals surface area contributed by atoms with E-state index in [0.29, 0.717) is 28.7 Å². The van der Waals surface area contributed by atoms with Gasteiger partial charge in [0.15, 0.2) is 17.2 Å². The van der Waals surface area contributed by atoms with Gasteiger partial charge in [0.1, 0.15) is 12.7 Å². The van der Waals surface area contributed by atoms with E-state index in [1.165, 1.54) is 7.11 Å². The number of nitrogens with zero attached hydrogens (tertiary/aromatic N) is 2. The lowest BCUT2D eigenvalue weighted by atomic mass is 10.1. The molecule has 30 heavy (non-hydrogen) atoms. The number of aliphatic hydroxyl groups is 1. The van der Waals surface area contributed by atoms with Crippen LogP contribution in [0.3, 0.4) is 0 Å². The highest BCUT2D eigenvalue weighted by atomic mass is 16.5. The van der Waals surface area contributed by atoms with Gasteiger partial charge in [-0.15, -0.1) is 6.58 Å². The molecule has 0 aliphatic heterocycles. The minimum Gasteiger partial charge on any atom is -0.493 e. The summed E-state index contributed by atoms with van der Waals surface area (Å²) in [5, 5.41) is 15.1. The first-order chi connectivity index (χ1) is 14.4. The highest BCUT2D eigenvalue weighted by molar-refractivity contribution is 6.03. The Labute approximate surface area is 173 Å². The van der Waals surface area contributed by atoms with E-state index in [1.807, 2.05) is 12.1 Å². The van der Waals surface area contributed by atoms with Gasteiger partial charge in [-0.2, -0.15) is 5.10 Å². The number of ether oxygens (including phenoxy) is 2. The summed E-state index contributed by atoms with van der Waals surface area (Å²) < 4.78 is 12.0. The van der Waals surface area contributed by atoms with Crippen molar-refractivity contribution in [2.45, 2.75) is 19.1 Å². The minimum absolute atomic E-state index is 0.0298. The van der Waals surface area contributed by atoms with E-state index in [-0.39, 0.29) is 18.8 Å². The van der Waals surface area contributed by atoms with Crippen LogP contribution in [-0.4, -0.2) is 40.6 Å². The Kier molecular flexibility index (Phi) is 6.48. The van der Waals surface area contributed by atoms with E-state index in [4.69, 9.17) is 15.2 Å². The second kappa shape index (κ2) is 9.23. The van der Waals surface area contributed by atoms with Crippen LogP contribution in [0.5, 0.6) is 11.5 Å². The summed E-state index contributed by atoms with van der Waals surface area (Å²) in [7, 11) is 1.53. The number of hydrogen-bond donors (Lipinski definition) is 2. The highest BCUT2D eigenvalue weighted by Crippen LogP contribution is 2.28. The number of allylic oxidation sites excluding steroid dienone is 1. The van der Waals surface area contributed by atoms with Crippen molar-refractivity contribution in [3.8, 4) is 11.5 Å². The second-order valence-corrected chi connectivity index (χ2v) is 6.69. The van der Waals surface area contributed by atoms with Crippen molar-refractivity contribution in [2.24, 2.45) is 5.73 Å². The molecule has 0 aliphatic rings. The topological polar surface area (TPSA) is 117 Å². The van der Waals surface area contributed by atoms with Crippen LogP contribution in [0.1, 0.15) is 16.1 Å². The maximum absolute atomic E-state index is 12.7. The second-order valence-electron chi connectivity index (χ2n) is 6.69. The summed E-state index contributed by atoms with van der Waals surface area (Å²) in [5.41, 5.74) is 5.96. The lowest BCUT2D eigenvalue weighted by molar-refractivity contribution is 0.0858. The van der Waals surface area contributed by atoms with Crippen LogP contribution in [0.4, 0.5) is 0 Å². The Morgan fingerprint density at radius 1 is 1.27 bits per heavy atom. The zero-order valence-corrected chi connectivity index (χ0v) is 16.6. The number of hydrogen-bond acceptors (Lipinski definition) is 6. The standard InChI is InChI=1S/C22H23N3O5/c1-3-6-14-9-10-18(19(11-14)29-2)30-13-15(26)12-25-22(28)17-8-5-4-7-16(17)20(24-25)21(23)27/h3-5,7-11,15,26H,1,6,12-13H2,2H3,(H2,23,27)/t15-/m1/s1. The quantitative estimate of drug-likeness (QED) is 0.519. The average Bonchev–Trinajstić information content (AvgIpc) is 2.74. The van der Waals surface area contributed by atoms with Crippen molar-refractivity contribution in [3.05, 3.63) is 76.7 Å². The maximum atomic E-state index is 12.7. The Balaban J connectivity index is 1.78. The molecule has 0 unspecified atom stereocenters. The molecule has 0 radical (unpaired) electrons. The molecule has 8 nitrogen and oxygen atoms in total. The Morgan fingerprint density at radius 2 is 2.00 bits per heavy atom. The van der Waals surface area contributed by atoms with E-state index in [1.54, 1.807) is 36.4 Å². The number of primary amides is 1. The molecule has 0 bridgehead atoms. The van der Waals surface area contributed by atoms with Gasteiger partial charge in [0, 0.05) is 5.39 Å². The number of aromatic nitrogens is 2. The molecular weight excluding hydrogens is 386 g/mol. The first-order valence-electron chi connectivity index (χ1n) is 9.33. The number of aliphatic hydroxyl groups excluding tert-OH is 1. The van der Waals surface area contributed by atoms with Crippen LogP contribution in [0.2, 0.25) is 0 Å².